The number of aliphatic hydroxyl groups is 1. The Labute approximate surface area is 265 Å². The van der Waals surface area contributed by atoms with Crippen LogP contribution in [0.1, 0.15) is 39.8 Å². The fourth-order valence-electron chi connectivity index (χ4n) is 5.71. The maximum absolute atomic E-state index is 14.1. The molecule has 3 aromatic carbocycles. The maximum atomic E-state index is 14.1. The highest BCUT2D eigenvalue weighted by molar-refractivity contribution is 7.95. The van der Waals surface area contributed by atoms with Gasteiger partial charge in [-0.1, -0.05) is 97.1 Å². The maximum Gasteiger partial charge on any atom is 0.336 e. The summed E-state index contributed by atoms with van der Waals surface area (Å²) in [4.78, 5) is 54.1. The zero-order chi connectivity index (χ0) is 32.1. The number of amides is 1. The molecule has 0 spiro atoms. The number of benzene rings is 3. The van der Waals surface area contributed by atoms with Crippen LogP contribution in [0.4, 0.5) is 0 Å². The number of rotatable bonds is 12. The second kappa shape index (κ2) is 13.6. The van der Waals surface area contributed by atoms with Gasteiger partial charge in [0.2, 0.25) is 11.5 Å². The quantitative estimate of drug-likeness (QED) is 0.0772. The molecule has 10 heteroatoms. The lowest BCUT2D eigenvalue weighted by Gasteiger charge is -2.50. The van der Waals surface area contributed by atoms with Crippen molar-refractivity contribution in [2.45, 2.75) is 31.9 Å². The van der Waals surface area contributed by atoms with Gasteiger partial charge < -0.3 is 14.9 Å². The van der Waals surface area contributed by atoms with E-state index >= 15 is 0 Å². The van der Waals surface area contributed by atoms with Gasteiger partial charge in [-0.2, -0.15) is 0 Å². The average molecular weight is 642 g/mol. The number of thiophene rings is 1. The van der Waals surface area contributed by atoms with E-state index in [-0.39, 0.29) is 34.7 Å². The summed E-state index contributed by atoms with van der Waals surface area (Å²) < 4.78 is 6.27. The van der Waals surface area contributed by atoms with Crippen LogP contribution in [-0.2, 0) is 14.3 Å². The lowest BCUT2D eigenvalue weighted by atomic mass is 9.81. The molecular formula is C35H32NO7PS. The van der Waals surface area contributed by atoms with Crippen LogP contribution in [0.25, 0.3) is 0 Å². The van der Waals surface area contributed by atoms with Crippen molar-refractivity contribution in [2.24, 2.45) is 5.92 Å². The Morgan fingerprint density at radius 3 is 1.89 bits per heavy atom. The van der Waals surface area contributed by atoms with E-state index in [9.17, 15) is 29.4 Å². The van der Waals surface area contributed by atoms with Gasteiger partial charge in [0, 0.05) is 18.7 Å². The fraction of sp³-hybridized carbons (Fsp3) is 0.171. The van der Waals surface area contributed by atoms with Crippen molar-refractivity contribution in [1.29, 1.82) is 0 Å². The van der Waals surface area contributed by atoms with Crippen LogP contribution >= 0.6 is 18.2 Å². The highest BCUT2D eigenvalue weighted by Crippen LogP contribution is 2.50. The lowest BCUT2D eigenvalue weighted by Crippen LogP contribution is -2.67. The normalized spacial score (nSPS) is 16.8. The van der Waals surface area contributed by atoms with E-state index in [2.05, 4.69) is 6.58 Å². The topological polar surface area (TPSA) is 121 Å². The minimum Gasteiger partial charge on any atom is -0.478 e. The molecule has 2 heterocycles. The number of aromatic carboxylic acids is 1. The molecule has 0 aliphatic carbocycles. The van der Waals surface area contributed by atoms with Gasteiger partial charge in [-0.25, -0.2) is 4.79 Å². The number of carboxylic acid groups (broad SMARTS) is 1. The molecule has 4 aromatic rings. The van der Waals surface area contributed by atoms with Gasteiger partial charge in [0.1, 0.15) is 0 Å². The van der Waals surface area contributed by atoms with E-state index in [1.807, 2.05) is 91.0 Å². The van der Waals surface area contributed by atoms with Crippen LogP contribution in [0.2, 0.25) is 0 Å². The van der Waals surface area contributed by atoms with Crippen LogP contribution in [0.15, 0.2) is 115 Å². The van der Waals surface area contributed by atoms with Crippen molar-refractivity contribution < 1.29 is 34.1 Å². The van der Waals surface area contributed by atoms with Gasteiger partial charge in [-0.15, -0.1) is 17.9 Å². The van der Waals surface area contributed by atoms with Gasteiger partial charge >= 0.3 is 11.9 Å². The molecule has 1 aliphatic rings. The molecule has 1 fully saturated rings. The molecule has 0 bridgehead atoms. The van der Waals surface area contributed by atoms with Gasteiger partial charge in [0.05, 0.1) is 34.9 Å². The van der Waals surface area contributed by atoms with Gasteiger partial charge in [-0.3, -0.25) is 19.3 Å². The van der Waals surface area contributed by atoms with Crippen LogP contribution < -0.4 is 15.9 Å². The van der Waals surface area contributed by atoms with Gasteiger partial charge in [0.25, 0.3) is 0 Å². The zero-order valence-electron chi connectivity index (χ0n) is 24.5. The van der Waals surface area contributed by atoms with Crippen molar-refractivity contribution in [3.63, 3.8) is 0 Å². The monoisotopic (exact) mass is 641 g/mol. The molecule has 1 aliphatic heterocycles. The average Bonchev–Trinajstić information content (AvgIpc) is 3.54. The molecule has 1 aromatic heterocycles. The smallest absolute Gasteiger partial charge is 0.336 e. The minimum absolute atomic E-state index is 0.00949. The molecule has 5 rings (SSSR count). The van der Waals surface area contributed by atoms with E-state index in [4.69, 9.17) is 4.74 Å². The molecule has 3 atom stereocenters. The van der Waals surface area contributed by atoms with Crippen molar-refractivity contribution in [2.75, 3.05) is 0 Å². The molecule has 0 saturated carbocycles. The number of ether oxygens (including phenoxy) is 1. The van der Waals surface area contributed by atoms with Crippen LogP contribution in [0, 0.1) is 5.92 Å². The molecular weight excluding hydrogens is 609 g/mol. The second-order valence-electron chi connectivity index (χ2n) is 10.6. The summed E-state index contributed by atoms with van der Waals surface area (Å²) >= 11 is 1.00. The SMILES string of the molecule is C=CCC(=O)OC(N1C(=O)C(C(C)O)C1CC(=O)c1cc(C(=O)O)cs1)=P(c1ccccc1)(c1ccccc1)c1ccccc1. The number of ketones is 1. The number of carbonyl (C=O) groups excluding carboxylic acids is 3. The van der Waals surface area contributed by atoms with E-state index in [0.29, 0.717) is 0 Å². The minimum atomic E-state index is -3.14. The third-order valence-electron chi connectivity index (χ3n) is 7.74. The van der Waals surface area contributed by atoms with E-state index in [1.165, 1.54) is 29.3 Å². The van der Waals surface area contributed by atoms with Crippen LogP contribution in [0.3, 0.4) is 0 Å². The number of nitrogens with zero attached hydrogens (tertiary/aromatic N) is 1. The van der Waals surface area contributed by atoms with E-state index in [0.717, 1.165) is 27.3 Å². The first-order chi connectivity index (χ1) is 21.7. The number of likely N-dealkylation sites (tertiary alicyclic amines) is 1. The molecule has 8 nitrogen and oxygen atoms in total. The van der Waals surface area contributed by atoms with Crippen LogP contribution in [0.5, 0.6) is 0 Å². The number of hydrogen-bond acceptors (Lipinski definition) is 7. The molecule has 45 heavy (non-hydrogen) atoms. The van der Waals surface area contributed by atoms with Gasteiger partial charge in [-0.05, 0) is 28.9 Å². The Kier molecular flexibility index (Phi) is 9.63. The predicted molar refractivity (Wildman–Crippen MR) is 177 cm³/mol. The first kappa shape index (κ1) is 31.9. The summed E-state index contributed by atoms with van der Waals surface area (Å²) in [6.07, 6.45) is -0.0305. The lowest BCUT2D eigenvalue weighted by molar-refractivity contribution is -0.157. The molecule has 3 unspecified atom stereocenters. The fourth-order valence-corrected chi connectivity index (χ4v) is 10.8. The van der Waals surface area contributed by atoms with Crippen LogP contribution in [-0.4, -0.2) is 56.5 Å². The van der Waals surface area contributed by atoms with Crippen molar-refractivity contribution >= 4 is 63.4 Å². The standard InChI is InChI=1S/C35H32NO7PS/c1-3-13-31(39)43-35(36-28(32(23(2)37)33(36)40)21-29(38)30-20-24(22-45-30)34(41)42)44(25-14-7-4-8-15-25,26-16-9-5-10-17-26)27-18-11-6-12-19-27/h3-12,14-20,22-23,28,32,37H,1,13,21H2,2H3,(H,41,42). The number of carboxylic acids is 1. The number of β-lactam (4-membered cyclic amide) rings is 1. The van der Waals surface area contributed by atoms with Crippen molar-refractivity contribution in [3.05, 3.63) is 126 Å². The first-order valence-corrected chi connectivity index (χ1v) is 17.0. The number of aliphatic hydroxyl groups excluding tert-OH is 1. The number of carbonyl (C=O) groups is 4. The molecule has 1 amide bonds. The summed E-state index contributed by atoms with van der Waals surface area (Å²) in [6.45, 7) is 2.02. The van der Waals surface area contributed by atoms with E-state index < -0.39 is 42.8 Å². The van der Waals surface area contributed by atoms with Crippen molar-refractivity contribution in [3.8, 4) is 0 Å². The van der Waals surface area contributed by atoms with Crippen molar-refractivity contribution in [1.82, 2.24) is 4.90 Å². The molecule has 2 N–H and O–H groups in total. The van der Waals surface area contributed by atoms with Gasteiger partial charge in [0.15, 0.2) is 5.78 Å². The highest BCUT2D eigenvalue weighted by Gasteiger charge is 2.55. The summed E-state index contributed by atoms with van der Waals surface area (Å²) in [5.41, 5.74) is 0.0832. The first-order valence-electron chi connectivity index (χ1n) is 14.3. The van der Waals surface area contributed by atoms with E-state index in [1.54, 1.807) is 0 Å². The number of esters is 1. The third-order valence-corrected chi connectivity index (χ3v) is 12.8. The zero-order valence-corrected chi connectivity index (χ0v) is 26.2. The summed E-state index contributed by atoms with van der Waals surface area (Å²) in [5.74, 6) is -3.60. The highest BCUT2D eigenvalue weighted by atomic mass is 32.1. The Morgan fingerprint density at radius 1 is 0.956 bits per heavy atom. The predicted octanol–water partition coefficient (Wildman–Crippen LogP) is 4.43. The summed E-state index contributed by atoms with van der Waals surface area (Å²) in [7, 11) is 0. The molecule has 0 radical (unpaired) electrons. The molecule has 230 valence electrons. The molecule has 1 saturated heterocycles. The Hall–Kier alpha value is -4.56. The number of Topliss-reactive ketones (excluding diaryl/α,β-unsaturated/α-hetero) is 1. The Morgan fingerprint density at radius 2 is 1.47 bits per heavy atom. The summed E-state index contributed by atoms with van der Waals surface area (Å²) in [6, 6.07) is 29.0. The largest absolute Gasteiger partial charge is 0.478 e. The summed E-state index contributed by atoms with van der Waals surface area (Å²) in [5, 5.41) is 23.9. The second-order valence-corrected chi connectivity index (χ2v) is 14.8. The Balaban J connectivity index is 1.82. The third kappa shape index (κ3) is 6.07. The Bertz CT molecular complexity index is 1680. The number of hydrogen-bond donors (Lipinski definition) is 2.